The number of methoxy groups -OCH3 is 1. The monoisotopic (exact) mass is 206 g/mol. The maximum Gasteiger partial charge on any atom is 0.125 e. The van der Waals surface area contributed by atoms with Gasteiger partial charge < -0.3 is 4.74 Å². The molecule has 15 heavy (non-hydrogen) atoms. The summed E-state index contributed by atoms with van der Waals surface area (Å²) in [4.78, 5) is 0. The van der Waals surface area contributed by atoms with E-state index in [4.69, 9.17) is 4.74 Å². The Hall–Kier alpha value is -0.980. The largest absolute Gasteiger partial charge is 0.496 e. The Labute approximate surface area is 93.5 Å². The van der Waals surface area contributed by atoms with Crippen molar-refractivity contribution in [2.45, 2.75) is 47.5 Å². The third-order valence-electron chi connectivity index (χ3n) is 3.49. The minimum atomic E-state index is 1.04. The van der Waals surface area contributed by atoms with Gasteiger partial charge in [0.25, 0.3) is 0 Å². The van der Waals surface area contributed by atoms with Crippen molar-refractivity contribution in [2.24, 2.45) is 0 Å². The lowest BCUT2D eigenvalue weighted by atomic mass is 9.90. The summed E-state index contributed by atoms with van der Waals surface area (Å²) in [5, 5.41) is 0. The van der Waals surface area contributed by atoms with E-state index in [9.17, 15) is 0 Å². The van der Waals surface area contributed by atoms with Crippen molar-refractivity contribution in [2.75, 3.05) is 7.11 Å². The number of ether oxygens (including phenoxy) is 1. The van der Waals surface area contributed by atoms with Crippen LogP contribution in [0.1, 0.15) is 41.7 Å². The van der Waals surface area contributed by atoms with E-state index < -0.39 is 0 Å². The molecule has 1 aromatic carbocycles. The first kappa shape index (κ1) is 12.1. The fraction of sp³-hybridized carbons (Fsp3) is 0.571. The van der Waals surface area contributed by atoms with Gasteiger partial charge in [-0.3, -0.25) is 0 Å². The Morgan fingerprint density at radius 1 is 0.800 bits per heavy atom. The molecular formula is C14H22O. The van der Waals surface area contributed by atoms with Crippen LogP contribution < -0.4 is 4.74 Å². The predicted octanol–water partition coefficient (Wildman–Crippen LogP) is 3.75. The number of hydrogen-bond acceptors (Lipinski definition) is 1. The van der Waals surface area contributed by atoms with Crippen molar-refractivity contribution in [1.82, 2.24) is 0 Å². The van der Waals surface area contributed by atoms with E-state index >= 15 is 0 Å². The lowest BCUT2D eigenvalue weighted by molar-refractivity contribution is 0.404. The Bertz CT molecular complexity index is 333. The normalized spacial score (nSPS) is 10.5. The van der Waals surface area contributed by atoms with Crippen LogP contribution in [0.5, 0.6) is 5.75 Å². The number of rotatable bonds is 3. The van der Waals surface area contributed by atoms with Gasteiger partial charge >= 0.3 is 0 Å². The zero-order chi connectivity index (χ0) is 11.6. The van der Waals surface area contributed by atoms with Gasteiger partial charge in [-0.05, 0) is 61.4 Å². The number of benzene rings is 1. The highest BCUT2D eigenvalue weighted by Crippen LogP contribution is 2.33. The van der Waals surface area contributed by atoms with Crippen LogP contribution in [0.4, 0.5) is 0 Å². The molecule has 0 N–H and O–H groups in total. The quantitative estimate of drug-likeness (QED) is 0.732. The highest BCUT2D eigenvalue weighted by atomic mass is 16.5. The summed E-state index contributed by atoms with van der Waals surface area (Å²) in [5.41, 5.74) is 6.95. The van der Waals surface area contributed by atoms with Gasteiger partial charge in [-0.25, -0.2) is 0 Å². The summed E-state index contributed by atoms with van der Waals surface area (Å²) in [5.74, 6) is 1.11. The first-order valence-corrected chi connectivity index (χ1v) is 5.73. The Morgan fingerprint density at radius 2 is 1.20 bits per heavy atom. The lowest BCUT2D eigenvalue weighted by Crippen LogP contribution is -2.04. The van der Waals surface area contributed by atoms with E-state index in [-0.39, 0.29) is 0 Å². The summed E-state index contributed by atoms with van der Waals surface area (Å²) >= 11 is 0. The van der Waals surface area contributed by atoms with Gasteiger partial charge in [0.2, 0.25) is 0 Å². The molecule has 0 saturated heterocycles. The lowest BCUT2D eigenvalue weighted by Gasteiger charge is -2.20. The second-order valence-electron chi connectivity index (χ2n) is 4.07. The molecule has 1 aromatic rings. The molecule has 0 unspecified atom stereocenters. The number of hydrogen-bond donors (Lipinski definition) is 0. The Kier molecular flexibility index (Phi) is 3.78. The summed E-state index contributed by atoms with van der Waals surface area (Å²) in [6.07, 6.45) is 2.09. The highest BCUT2D eigenvalue weighted by molar-refractivity contribution is 5.54. The van der Waals surface area contributed by atoms with Crippen LogP contribution >= 0.6 is 0 Å². The van der Waals surface area contributed by atoms with Gasteiger partial charge in [-0.1, -0.05) is 13.8 Å². The van der Waals surface area contributed by atoms with E-state index in [0.717, 1.165) is 18.6 Å². The minimum Gasteiger partial charge on any atom is -0.496 e. The molecule has 0 fully saturated rings. The van der Waals surface area contributed by atoms with Crippen LogP contribution in [0, 0.1) is 20.8 Å². The van der Waals surface area contributed by atoms with Crippen LogP contribution in [0.2, 0.25) is 0 Å². The van der Waals surface area contributed by atoms with E-state index in [1.807, 2.05) is 0 Å². The molecule has 0 aromatic heterocycles. The Morgan fingerprint density at radius 3 is 1.47 bits per heavy atom. The molecule has 84 valence electrons. The molecule has 0 aliphatic heterocycles. The summed E-state index contributed by atoms with van der Waals surface area (Å²) in [7, 11) is 1.78. The summed E-state index contributed by atoms with van der Waals surface area (Å²) in [6.45, 7) is 11.0. The molecule has 0 heterocycles. The van der Waals surface area contributed by atoms with E-state index in [0.29, 0.717) is 0 Å². The van der Waals surface area contributed by atoms with Crippen LogP contribution in [0.15, 0.2) is 0 Å². The first-order valence-electron chi connectivity index (χ1n) is 5.73. The molecule has 0 spiro atoms. The van der Waals surface area contributed by atoms with Crippen molar-refractivity contribution in [3.63, 3.8) is 0 Å². The average Bonchev–Trinajstić information content (AvgIpc) is 2.25. The average molecular weight is 206 g/mol. The summed E-state index contributed by atoms with van der Waals surface area (Å²) in [6, 6.07) is 0. The minimum absolute atomic E-state index is 1.04. The second kappa shape index (κ2) is 4.69. The van der Waals surface area contributed by atoms with Gasteiger partial charge in [-0.2, -0.15) is 0 Å². The van der Waals surface area contributed by atoms with Crippen molar-refractivity contribution < 1.29 is 4.74 Å². The predicted molar refractivity (Wildman–Crippen MR) is 66.0 cm³/mol. The third kappa shape index (κ3) is 1.88. The van der Waals surface area contributed by atoms with Gasteiger partial charge in [0.05, 0.1) is 7.11 Å². The third-order valence-corrected chi connectivity index (χ3v) is 3.49. The maximum absolute atomic E-state index is 5.57. The molecule has 0 aliphatic carbocycles. The van der Waals surface area contributed by atoms with Crippen LogP contribution in [-0.4, -0.2) is 7.11 Å². The van der Waals surface area contributed by atoms with Crippen LogP contribution in [0.3, 0.4) is 0 Å². The smallest absolute Gasteiger partial charge is 0.125 e. The molecule has 0 atom stereocenters. The molecular weight excluding hydrogens is 184 g/mol. The molecule has 0 saturated carbocycles. The first-order chi connectivity index (χ1) is 7.08. The molecule has 0 aliphatic rings. The zero-order valence-corrected chi connectivity index (χ0v) is 10.8. The fourth-order valence-corrected chi connectivity index (χ4v) is 2.35. The zero-order valence-electron chi connectivity index (χ0n) is 10.8. The molecule has 0 bridgehead atoms. The fourth-order valence-electron chi connectivity index (χ4n) is 2.35. The molecule has 1 heteroatoms. The topological polar surface area (TPSA) is 9.23 Å². The van der Waals surface area contributed by atoms with Gasteiger partial charge in [0.1, 0.15) is 5.75 Å². The van der Waals surface area contributed by atoms with E-state index in [1.54, 1.807) is 7.11 Å². The van der Waals surface area contributed by atoms with Gasteiger partial charge in [0.15, 0.2) is 0 Å². The van der Waals surface area contributed by atoms with E-state index in [2.05, 4.69) is 34.6 Å². The van der Waals surface area contributed by atoms with Gasteiger partial charge in [-0.15, -0.1) is 0 Å². The van der Waals surface area contributed by atoms with Crippen molar-refractivity contribution >= 4 is 0 Å². The molecule has 1 rings (SSSR count). The second-order valence-corrected chi connectivity index (χ2v) is 4.07. The van der Waals surface area contributed by atoms with Gasteiger partial charge in [0, 0.05) is 0 Å². The molecule has 0 radical (unpaired) electrons. The van der Waals surface area contributed by atoms with E-state index in [1.165, 1.54) is 27.8 Å². The molecule has 0 amide bonds. The van der Waals surface area contributed by atoms with Crippen molar-refractivity contribution in [3.8, 4) is 5.75 Å². The Balaban J connectivity index is 3.59. The van der Waals surface area contributed by atoms with Crippen LogP contribution in [-0.2, 0) is 12.8 Å². The van der Waals surface area contributed by atoms with Crippen LogP contribution in [0.25, 0.3) is 0 Å². The van der Waals surface area contributed by atoms with Crippen molar-refractivity contribution in [1.29, 1.82) is 0 Å². The highest BCUT2D eigenvalue weighted by Gasteiger charge is 2.15. The summed E-state index contributed by atoms with van der Waals surface area (Å²) < 4.78 is 5.57. The SMILES string of the molecule is CCc1c(C)c(C)c(C)c(CC)c1OC. The standard InChI is InChI=1S/C14H22O/c1-7-12-10(4)9(3)11(5)13(8-2)14(12)15-6/h7-8H2,1-6H3. The van der Waals surface area contributed by atoms with Crippen molar-refractivity contribution in [3.05, 3.63) is 27.8 Å². The maximum atomic E-state index is 5.57. The molecule has 1 nitrogen and oxygen atoms in total.